The molecule has 0 saturated heterocycles. The van der Waals surface area contributed by atoms with E-state index in [9.17, 15) is 0 Å². The smallest absolute Gasteiger partial charge is 0.0136 e. The van der Waals surface area contributed by atoms with Crippen molar-refractivity contribution in [3.63, 3.8) is 0 Å². The fourth-order valence-corrected chi connectivity index (χ4v) is 2.43. The van der Waals surface area contributed by atoms with Crippen molar-refractivity contribution in [3.05, 3.63) is 35.9 Å². The summed E-state index contributed by atoms with van der Waals surface area (Å²) in [5, 5.41) is 3.63. The van der Waals surface area contributed by atoms with Crippen molar-refractivity contribution in [2.24, 2.45) is 0 Å². The molecule has 0 heterocycles. The fraction of sp³-hybridized carbons (Fsp3) is 0.571. The fourth-order valence-electron chi connectivity index (χ4n) is 2.43. The molecule has 0 bridgehead atoms. The summed E-state index contributed by atoms with van der Waals surface area (Å²) in [6.07, 6.45) is 3.90. The van der Waals surface area contributed by atoms with E-state index in [0.717, 1.165) is 6.54 Å². The molecule has 1 unspecified atom stereocenters. The van der Waals surface area contributed by atoms with Gasteiger partial charge in [-0.3, -0.25) is 0 Å². The first kappa shape index (κ1) is 10.7. The zero-order valence-corrected chi connectivity index (χ0v) is 9.79. The highest BCUT2D eigenvalue weighted by atomic mass is 14.9. The first-order chi connectivity index (χ1) is 7.29. The molecule has 0 radical (unpaired) electrons. The van der Waals surface area contributed by atoms with Crippen LogP contribution in [0.1, 0.15) is 38.7 Å². The van der Waals surface area contributed by atoms with Crippen LogP contribution in [0, 0.1) is 0 Å². The van der Waals surface area contributed by atoms with Crippen LogP contribution in [0.25, 0.3) is 0 Å². The second-order valence-corrected chi connectivity index (χ2v) is 4.70. The molecular formula is C14H21N. The summed E-state index contributed by atoms with van der Waals surface area (Å²) in [5.41, 5.74) is 1.96. The highest BCUT2D eigenvalue weighted by Gasteiger charge is 2.48. The maximum absolute atomic E-state index is 3.63. The van der Waals surface area contributed by atoms with E-state index in [-0.39, 0.29) is 0 Å². The highest BCUT2D eigenvalue weighted by molar-refractivity contribution is 5.33. The summed E-state index contributed by atoms with van der Waals surface area (Å²) in [7, 11) is 0. The van der Waals surface area contributed by atoms with Crippen molar-refractivity contribution in [2.75, 3.05) is 6.54 Å². The normalized spacial score (nSPS) is 19.9. The van der Waals surface area contributed by atoms with E-state index < -0.39 is 0 Å². The van der Waals surface area contributed by atoms with Gasteiger partial charge in [0.05, 0.1) is 0 Å². The number of rotatable bonds is 5. The Labute approximate surface area is 92.9 Å². The Hall–Kier alpha value is -0.820. The largest absolute Gasteiger partial charge is 0.313 e. The predicted octanol–water partition coefficient (Wildman–Crippen LogP) is 3.11. The van der Waals surface area contributed by atoms with Gasteiger partial charge in [0.2, 0.25) is 0 Å². The molecule has 0 amide bonds. The van der Waals surface area contributed by atoms with Crippen molar-refractivity contribution in [2.45, 2.75) is 44.6 Å². The van der Waals surface area contributed by atoms with Crippen LogP contribution < -0.4 is 5.32 Å². The summed E-state index contributed by atoms with van der Waals surface area (Å²) < 4.78 is 0. The van der Waals surface area contributed by atoms with Gasteiger partial charge in [-0.05, 0) is 38.3 Å². The first-order valence-corrected chi connectivity index (χ1v) is 6.08. The van der Waals surface area contributed by atoms with Crippen LogP contribution in [-0.2, 0) is 5.41 Å². The first-order valence-electron chi connectivity index (χ1n) is 6.08. The van der Waals surface area contributed by atoms with E-state index in [1.807, 2.05) is 0 Å². The molecule has 0 spiro atoms. The van der Waals surface area contributed by atoms with Crippen molar-refractivity contribution in [3.8, 4) is 0 Å². The van der Waals surface area contributed by atoms with Crippen LogP contribution in [0.15, 0.2) is 30.3 Å². The van der Waals surface area contributed by atoms with E-state index >= 15 is 0 Å². The average Bonchev–Trinajstić information content (AvgIpc) is 3.08. The molecule has 0 aliphatic heterocycles. The summed E-state index contributed by atoms with van der Waals surface area (Å²) in [6.45, 7) is 5.69. The molecular weight excluding hydrogens is 182 g/mol. The Morgan fingerprint density at radius 2 is 1.93 bits per heavy atom. The lowest BCUT2D eigenvalue weighted by atomic mass is 9.89. The molecule has 0 aromatic heterocycles. The van der Waals surface area contributed by atoms with Crippen LogP contribution in [0.5, 0.6) is 0 Å². The minimum absolute atomic E-state index is 0.441. The molecule has 1 nitrogen and oxygen atoms in total. The molecule has 1 aliphatic carbocycles. The monoisotopic (exact) mass is 203 g/mol. The van der Waals surface area contributed by atoms with Crippen molar-refractivity contribution < 1.29 is 0 Å². The second kappa shape index (κ2) is 4.36. The van der Waals surface area contributed by atoms with Gasteiger partial charge < -0.3 is 5.32 Å². The van der Waals surface area contributed by atoms with E-state index in [1.165, 1.54) is 24.8 Å². The Morgan fingerprint density at radius 3 is 2.47 bits per heavy atom. The Balaban J connectivity index is 2.07. The van der Waals surface area contributed by atoms with E-state index in [2.05, 4.69) is 49.5 Å². The molecule has 1 N–H and O–H groups in total. The van der Waals surface area contributed by atoms with Crippen LogP contribution in [0.4, 0.5) is 0 Å². The minimum Gasteiger partial charge on any atom is -0.313 e. The number of hydrogen-bond donors (Lipinski definition) is 1. The highest BCUT2D eigenvalue weighted by Crippen LogP contribution is 2.50. The van der Waals surface area contributed by atoms with Gasteiger partial charge in [0.1, 0.15) is 0 Å². The lowest BCUT2D eigenvalue weighted by molar-refractivity contribution is 0.445. The molecule has 2 rings (SSSR count). The van der Waals surface area contributed by atoms with Crippen LogP contribution >= 0.6 is 0 Å². The molecule has 1 atom stereocenters. The number of nitrogens with one attached hydrogen (secondary N) is 1. The van der Waals surface area contributed by atoms with Crippen molar-refractivity contribution in [1.29, 1.82) is 0 Å². The number of hydrogen-bond acceptors (Lipinski definition) is 1. The summed E-state index contributed by atoms with van der Waals surface area (Å²) in [4.78, 5) is 0. The maximum atomic E-state index is 3.63. The third-order valence-electron chi connectivity index (χ3n) is 3.67. The van der Waals surface area contributed by atoms with Crippen LogP contribution in [-0.4, -0.2) is 12.6 Å². The van der Waals surface area contributed by atoms with E-state index in [0.29, 0.717) is 11.5 Å². The van der Waals surface area contributed by atoms with Gasteiger partial charge in [-0.1, -0.05) is 37.3 Å². The zero-order chi connectivity index (χ0) is 10.7. The molecule has 15 heavy (non-hydrogen) atoms. The molecule has 1 fully saturated rings. The van der Waals surface area contributed by atoms with E-state index in [1.54, 1.807) is 0 Å². The molecule has 1 aliphatic rings. The summed E-state index contributed by atoms with van der Waals surface area (Å²) >= 11 is 0. The number of benzene rings is 1. The Bertz CT molecular complexity index is 300. The molecule has 1 saturated carbocycles. The lowest BCUT2D eigenvalue weighted by Crippen LogP contribution is -2.37. The van der Waals surface area contributed by atoms with Gasteiger partial charge >= 0.3 is 0 Å². The van der Waals surface area contributed by atoms with Crippen LogP contribution in [0.3, 0.4) is 0 Å². The van der Waals surface area contributed by atoms with Gasteiger partial charge in [-0.25, -0.2) is 0 Å². The van der Waals surface area contributed by atoms with Crippen molar-refractivity contribution in [1.82, 2.24) is 5.32 Å². The van der Waals surface area contributed by atoms with Crippen molar-refractivity contribution >= 4 is 0 Å². The quantitative estimate of drug-likeness (QED) is 0.775. The molecule has 1 heteroatoms. The third-order valence-corrected chi connectivity index (χ3v) is 3.67. The van der Waals surface area contributed by atoms with Gasteiger partial charge in [0.25, 0.3) is 0 Å². The van der Waals surface area contributed by atoms with Gasteiger partial charge in [-0.2, -0.15) is 0 Å². The SMILES string of the molecule is CCCNC(C)C1(c2ccccc2)CC1. The minimum atomic E-state index is 0.441. The van der Waals surface area contributed by atoms with Gasteiger partial charge in [0, 0.05) is 11.5 Å². The van der Waals surface area contributed by atoms with Crippen LogP contribution in [0.2, 0.25) is 0 Å². The third kappa shape index (κ3) is 2.07. The van der Waals surface area contributed by atoms with Gasteiger partial charge in [-0.15, -0.1) is 0 Å². The topological polar surface area (TPSA) is 12.0 Å². The van der Waals surface area contributed by atoms with Gasteiger partial charge in [0.15, 0.2) is 0 Å². The summed E-state index contributed by atoms with van der Waals surface area (Å²) in [6, 6.07) is 11.6. The molecule has 1 aromatic carbocycles. The Morgan fingerprint density at radius 1 is 1.27 bits per heavy atom. The molecule has 1 aromatic rings. The lowest BCUT2D eigenvalue weighted by Gasteiger charge is -2.25. The maximum Gasteiger partial charge on any atom is 0.0136 e. The standard InChI is InChI=1S/C14H21N/c1-3-11-15-12(2)14(9-10-14)13-7-5-4-6-8-13/h4-8,12,15H,3,9-11H2,1-2H3. The van der Waals surface area contributed by atoms with E-state index in [4.69, 9.17) is 0 Å². The zero-order valence-electron chi connectivity index (χ0n) is 9.79. The average molecular weight is 203 g/mol. The molecule has 82 valence electrons. The predicted molar refractivity (Wildman–Crippen MR) is 65.1 cm³/mol. The Kier molecular flexibility index (Phi) is 3.11. The second-order valence-electron chi connectivity index (χ2n) is 4.70. The summed E-state index contributed by atoms with van der Waals surface area (Å²) in [5.74, 6) is 0.